The molecule has 1 unspecified atom stereocenters. The molecule has 2 fully saturated rings. The Labute approximate surface area is 259 Å². The third-order valence-corrected chi connectivity index (χ3v) is 8.53. The van der Waals surface area contributed by atoms with Crippen molar-refractivity contribution >= 4 is 35.4 Å². The summed E-state index contributed by atoms with van der Waals surface area (Å²) >= 11 is 0. The van der Waals surface area contributed by atoms with Crippen LogP contribution in [0.25, 0.3) is 0 Å². The first-order chi connectivity index (χ1) is 20.9. The zero-order chi connectivity index (χ0) is 32.4. The number of hydrogen-bond donors (Lipinski definition) is 5. The van der Waals surface area contributed by atoms with Crippen LogP contribution >= 0.6 is 0 Å². The Morgan fingerprint density at radius 3 is 2.25 bits per heavy atom. The molecule has 0 aromatic heterocycles. The molecule has 12 nitrogen and oxygen atoms in total. The van der Waals surface area contributed by atoms with E-state index >= 15 is 0 Å². The molecule has 0 spiro atoms. The van der Waals surface area contributed by atoms with Gasteiger partial charge in [0.1, 0.15) is 6.04 Å². The molecule has 12 heteroatoms. The fourth-order valence-corrected chi connectivity index (χ4v) is 6.32. The largest absolute Gasteiger partial charge is 0.479 e. The Kier molecular flexibility index (Phi) is 12.4. The molecule has 0 radical (unpaired) electrons. The molecule has 1 aromatic rings. The molecule has 2 aliphatic rings. The lowest BCUT2D eigenvalue weighted by Gasteiger charge is -2.34. The van der Waals surface area contributed by atoms with Crippen molar-refractivity contribution in [1.29, 1.82) is 0 Å². The summed E-state index contributed by atoms with van der Waals surface area (Å²) in [5.41, 5.74) is 0.0364. The normalized spacial score (nSPS) is 20.2. The van der Waals surface area contributed by atoms with E-state index in [4.69, 9.17) is 0 Å². The lowest BCUT2D eigenvalue weighted by Crippen LogP contribution is -2.57. The third-order valence-electron chi connectivity index (χ3n) is 8.53. The lowest BCUT2D eigenvalue weighted by atomic mass is 9.83. The molecule has 1 aliphatic heterocycles. The predicted molar refractivity (Wildman–Crippen MR) is 163 cm³/mol. The van der Waals surface area contributed by atoms with Gasteiger partial charge in [0.15, 0.2) is 6.04 Å². The molecular formula is C32H47N5O7. The van der Waals surface area contributed by atoms with E-state index in [0.717, 1.165) is 32.1 Å². The first-order valence-corrected chi connectivity index (χ1v) is 15.6. The molecule has 1 saturated heterocycles. The minimum atomic E-state index is -1.33. The van der Waals surface area contributed by atoms with Crippen molar-refractivity contribution in [2.24, 2.45) is 11.3 Å². The SMILES string of the molecule is CCCC(NC(=O)[C@@H]1CC(C)(C)CN1C(=O)[C@@H](NC)C1CCCCC1)C(=O)C(=O)NCC(=O)N[C@H](C(=O)O)c1ccccc1. The van der Waals surface area contributed by atoms with Gasteiger partial charge in [0.05, 0.1) is 18.6 Å². The average Bonchev–Trinajstić information content (AvgIpc) is 3.34. The fraction of sp³-hybridized carbons (Fsp3) is 0.625. The molecule has 3 rings (SSSR count). The van der Waals surface area contributed by atoms with Crippen molar-refractivity contribution in [3.63, 3.8) is 0 Å². The molecule has 5 N–H and O–H groups in total. The number of carboxylic acid groups (broad SMARTS) is 1. The summed E-state index contributed by atoms with van der Waals surface area (Å²) in [5, 5.41) is 20.0. The molecular weight excluding hydrogens is 566 g/mol. The summed E-state index contributed by atoms with van der Waals surface area (Å²) in [6.45, 7) is 5.57. The number of likely N-dealkylation sites (tertiary alicyclic amines) is 1. The maximum Gasteiger partial charge on any atom is 0.330 e. The number of aliphatic carboxylic acids is 1. The number of carboxylic acids is 1. The van der Waals surface area contributed by atoms with Crippen molar-refractivity contribution in [2.75, 3.05) is 20.1 Å². The molecule has 4 atom stereocenters. The van der Waals surface area contributed by atoms with E-state index in [0.29, 0.717) is 24.9 Å². The monoisotopic (exact) mass is 613 g/mol. The Morgan fingerprint density at radius 2 is 1.66 bits per heavy atom. The van der Waals surface area contributed by atoms with Crippen LogP contribution in [0.4, 0.5) is 0 Å². The van der Waals surface area contributed by atoms with E-state index in [-0.39, 0.29) is 23.7 Å². The lowest BCUT2D eigenvalue weighted by molar-refractivity contribution is -0.144. The van der Waals surface area contributed by atoms with E-state index in [1.165, 1.54) is 0 Å². The van der Waals surface area contributed by atoms with Gasteiger partial charge in [-0.1, -0.05) is 76.8 Å². The summed E-state index contributed by atoms with van der Waals surface area (Å²) in [7, 11) is 1.77. The number of carbonyl (C=O) groups excluding carboxylic acids is 5. The zero-order valence-corrected chi connectivity index (χ0v) is 26.2. The van der Waals surface area contributed by atoms with Crippen LogP contribution in [0.1, 0.15) is 83.7 Å². The highest BCUT2D eigenvalue weighted by molar-refractivity contribution is 6.38. The van der Waals surface area contributed by atoms with E-state index in [2.05, 4.69) is 21.3 Å². The third kappa shape index (κ3) is 9.10. The number of Topliss-reactive ketones (excluding diaryl/α,β-unsaturated/α-hetero) is 1. The number of nitrogens with zero attached hydrogens (tertiary/aromatic N) is 1. The van der Waals surface area contributed by atoms with Crippen LogP contribution in [0.3, 0.4) is 0 Å². The summed E-state index contributed by atoms with van der Waals surface area (Å²) in [6.07, 6.45) is 6.30. The smallest absolute Gasteiger partial charge is 0.330 e. The van der Waals surface area contributed by atoms with Crippen LogP contribution in [-0.2, 0) is 28.8 Å². The minimum absolute atomic E-state index is 0.123. The van der Waals surface area contributed by atoms with Crippen molar-refractivity contribution in [3.05, 3.63) is 35.9 Å². The summed E-state index contributed by atoms with van der Waals surface area (Å²) in [5.74, 6) is -4.48. The Hall–Kier alpha value is -3.80. The standard InChI is InChI=1S/C32H47N5O7/c1-5-12-22(27(39)29(41)34-18-24(38)36-26(31(43)44)21-15-10-7-11-16-21)35-28(40)23-17-32(2,3)19-37(23)30(42)25(33-4)20-13-8-6-9-14-20/h7,10-11,15-16,20,22-23,25-26,33H,5-6,8-9,12-14,17-19H2,1-4H3,(H,34,41)(H,35,40)(H,36,38)(H,43,44)/t22?,23-,25-,26-/m0/s1. The van der Waals surface area contributed by atoms with Gasteiger partial charge < -0.3 is 31.3 Å². The number of carbonyl (C=O) groups is 6. The number of ketones is 1. The van der Waals surface area contributed by atoms with Gasteiger partial charge in [-0.15, -0.1) is 0 Å². The second kappa shape index (κ2) is 15.8. The number of likely N-dealkylation sites (N-methyl/N-ethyl adjacent to an activating group) is 1. The quantitative estimate of drug-likeness (QED) is 0.197. The van der Waals surface area contributed by atoms with Crippen LogP contribution in [-0.4, -0.2) is 83.7 Å². The number of nitrogens with one attached hydrogen (secondary N) is 4. The van der Waals surface area contributed by atoms with Gasteiger partial charge in [0.25, 0.3) is 5.91 Å². The molecule has 44 heavy (non-hydrogen) atoms. The van der Waals surface area contributed by atoms with Crippen molar-refractivity contribution in [3.8, 4) is 0 Å². The number of rotatable bonds is 14. The summed E-state index contributed by atoms with van der Waals surface area (Å²) in [6, 6.07) is 4.42. The van der Waals surface area contributed by atoms with Crippen molar-refractivity contribution in [2.45, 2.75) is 96.3 Å². The van der Waals surface area contributed by atoms with Gasteiger partial charge in [0.2, 0.25) is 23.5 Å². The van der Waals surface area contributed by atoms with Crippen LogP contribution in [0.2, 0.25) is 0 Å². The van der Waals surface area contributed by atoms with Crippen molar-refractivity contribution in [1.82, 2.24) is 26.2 Å². The van der Waals surface area contributed by atoms with Crippen LogP contribution < -0.4 is 21.3 Å². The number of amides is 4. The first kappa shape index (κ1) is 34.7. The fourth-order valence-electron chi connectivity index (χ4n) is 6.32. The Balaban J connectivity index is 1.64. The second-order valence-corrected chi connectivity index (χ2v) is 12.7. The van der Waals surface area contributed by atoms with Crippen LogP contribution in [0.15, 0.2) is 30.3 Å². The molecule has 1 aromatic carbocycles. The van der Waals surface area contributed by atoms with Gasteiger partial charge in [0, 0.05) is 6.54 Å². The van der Waals surface area contributed by atoms with Gasteiger partial charge >= 0.3 is 5.97 Å². The highest BCUT2D eigenvalue weighted by Gasteiger charge is 2.47. The first-order valence-electron chi connectivity index (χ1n) is 15.6. The predicted octanol–water partition coefficient (Wildman–Crippen LogP) is 1.69. The van der Waals surface area contributed by atoms with E-state index < -0.39 is 60.2 Å². The number of hydrogen-bond acceptors (Lipinski definition) is 7. The topological polar surface area (TPSA) is 174 Å². The van der Waals surface area contributed by atoms with Gasteiger partial charge in [-0.3, -0.25) is 24.0 Å². The second-order valence-electron chi connectivity index (χ2n) is 12.7. The van der Waals surface area contributed by atoms with E-state index in [1.807, 2.05) is 20.8 Å². The molecule has 1 saturated carbocycles. The molecule has 4 amide bonds. The van der Waals surface area contributed by atoms with Crippen LogP contribution in [0, 0.1) is 11.3 Å². The zero-order valence-electron chi connectivity index (χ0n) is 26.2. The highest BCUT2D eigenvalue weighted by Crippen LogP contribution is 2.36. The average molecular weight is 614 g/mol. The molecule has 1 aliphatic carbocycles. The molecule has 0 bridgehead atoms. The Bertz CT molecular complexity index is 1200. The summed E-state index contributed by atoms with van der Waals surface area (Å²) < 4.78 is 0. The van der Waals surface area contributed by atoms with E-state index in [9.17, 15) is 33.9 Å². The Morgan fingerprint density at radius 1 is 1.00 bits per heavy atom. The molecule has 242 valence electrons. The van der Waals surface area contributed by atoms with Gasteiger partial charge in [-0.2, -0.15) is 0 Å². The summed E-state index contributed by atoms with van der Waals surface area (Å²) in [4.78, 5) is 79.0. The highest BCUT2D eigenvalue weighted by atomic mass is 16.4. The van der Waals surface area contributed by atoms with E-state index in [1.54, 1.807) is 42.3 Å². The number of benzene rings is 1. The molecule has 1 heterocycles. The van der Waals surface area contributed by atoms with Gasteiger partial charge in [-0.05, 0) is 49.6 Å². The van der Waals surface area contributed by atoms with Crippen molar-refractivity contribution < 1.29 is 33.9 Å². The van der Waals surface area contributed by atoms with Gasteiger partial charge in [-0.25, -0.2) is 4.79 Å². The minimum Gasteiger partial charge on any atom is -0.479 e. The maximum absolute atomic E-state index is 13.8. The van der Waals surface area contributed by atoms with Crippen LogP contribution in [0.5, 0.6) is 0 Å². The maximum atomic E-state index is 13.8.